The fourth-order valence-corrected chi connectivity index (χ4v) is 2.96. The first-order valence-electron chi connectivity index (χ1n) is 9.88. The van der Waals surface area contributed by atoms with E-state index >= 15 is 0 Å². The second-order valence-corrected chi connectivity index (χ2v) is 6.19. The molecule has 28 heavy (non-hydrogen) atoms. The summed E-state index contributed by atoms with van der Waals surface area (Å²) in [6, 6.07) is 9.37. The number of hydrogen-bond acceptors (Lipinski definition) is 3. The molecule has 3 aromatic rings. The summed E-state index contributed by atoms with van der Waals surface area (Å²) in [7, 11) is 0. The van der Waals surface area contributed by atoms with Gasteiger partial charge in [0.2, 0.25) is 0 Å². The quantitative estimate of drug-likeness (QED) is 0.623. The summed E-state index contributed by atoms with van der Waals surface area (Å²) >= 11 is 0. The first-order valence-corrected chi connectivity index (χ1v) is 9.88. The molecular formula is C23H28N4O. The van der Waals surface area contributed by atoms with Gasteiger partial charge in [0, 0.05) is 30.2 Å². The van der Waals surface area contributed by atoms with Crippen LogP contribution in [-0.2, 0) is 0 Å². The molecule has 0 aliphatic carbocycles. The Balaban J connectivity index is 0.00000136. The lowest BCUT2D eigenvalue weighted by atomic mass is 10.1. The van der Waals surface area contributed by atoms with Crippen molar-refractivity contribution in [1.82, 2.24) is 19.9 Å². The smallest absolute Gasteiger partial charge is 0.272 e. The summed E-state index contributed by atoms with van der Waals surface area (Å²) < 4.78 is 0. The molecule has 0 radical (unpaired) electrons. The van der Waals surface area contributed by atoms with Crippen LogP contribution in [0, 0.1) is 12.3 Å². The van der Waals surface area contributed by atoms with Crippen molar-refractivity contribution >= 4 is 16.9 Å². The van der Waals surface area contributed by atoms with Gasteiger partial charge in [-0.15, -0.1) is 6.42 Å². The van der Waals surface area contributed by atoms with Gasteiger partial charge in [0.25, 0.3) is 5.91 Å². The van der Waals surface area contributed by atoms with Crippen molar-refractivity contribution in [2.75, 3.05) is 13.1 Å². The third-order valence-electron chi connectivity index (χ3n) is 4.16. The highest BCUT2D eigenvalue weighted by molar-refractivity contribution is 5.93. The summed E-state index contributed by atoms with van der Waals surface area (Å²) in [6.45, 7) is 9.62. The lowest BCUT2D eigenvalue weighted by molar-refractivity contribution is 0.0750. The van der Waals surface area contributed by atoms with Crippen molar-refractivity contribution in [2.45, 2.75) is 40.5 Å². The zero-order valence-electron chi connectivity index (χ0n) is 17.1. The topological polar surface area (TPSA) is 61.9 Å². The normalized spacial score (nSPS) is 10.1. The Morgan fingerprint density at radius 3 is 2.54 bits per heavy atom. The van der Waals surface area contributed by atoms with Crippen LogP contribution in [0.1, 0.15) is 56.7 Å². The van der Waals surface area contributed by atoms with E-state index in [9.17, 15) is 4.79 Å². The maximum absolute atomic E-state index is 12.8. The summed E-state index contributed by atoms with van der Waals surface area (Å²) in [4.78, 5) is 26.7. The zero-order valence-corrected chi connectivity index (χ0v) is 17.1. The van der Waals surface area contributed by atoms with Crippen LogP contribution in [0.5, 0.6) is 0 Å². The summed E-state index contributed by atoms with van der Waals surface area (Å²) in [5.41, 5.74) is 3.47. The van der Waals surface area contributed by atoms with Crippen LogP contribution in [-0.4, -0.2) is 38.8 Å². The lowest BCUT2D eigenvalue weighted by Gasteiger charge is -2.21. The Bertz CT molecular complexity index is 962. The van der Waals surface area contributed by atoms with Crippen LogP contribution >= 0.6 is 0 Å². The summed E-state index contributed by atoms with van der Waals surface area (Å²) in [6.07, 6.45) is 9.03. The van der Waals surface area contributed by atoms with Crippen molar-refractivity contribution < 1.29 is 4.79 Å². The summed E-state index contributed by atoms with van der Waals surface area (Å²) in [5.74, 6) is 2.55. The third kappa shape index (κ3) is 4.77. The van der Waals surface area contributed by atoms with Gasteiger partial charge in [-0.3, -0.25) is 4.79 Å². The van der Waals surface area contributed by atoms with E-state index in [1.54, 1.807) is 12.3 Å². The number of terminal acetylenes is 1. The molecule has 1 amide bonds. The molecule has 3 rings (SSSR count). The largest absolute Gasteiger partial charge is 0.337 e. The number of hydrogen-bond donors (Lipinski definition) is 1. The zero-order chi connectivity index (χ0) is 20.5. The van der Waals surface area contributed by atoms with Crippen LogP contribution in [0.15, 0.2) is 36.5 Å². The van der Waals surface area contributed by atoms with Crippen LogP contribution in [0.25, 0.3) is 22.3 Å². The molecule has 0 aromatic carbocycles. The molecule has 0 spiro atoms. The molecule has 0 bridgehead atoms. The van der Waals surface area contributed by atoms with Gasteiger partial charge in [0.15, 0.2) is 0 Å². The van der Waals surface area contributed by atoms with E-state index in [0.29, 0.717) is 11.4 Å². The lowest BCUT2D eigenvalue weighted by Crippen LogP contribution is -2.33. The van der Waals surface area contributed by atoms with E-state index in [4.69, 9.17) is 6.42 Å². The molecule has 3 heterocycles. The van der Waals surface area contributed by atoms with Gasteiger partial charge in [0.1, 0.15) is 11.3 Å². The Morgan fingerprint density at radius 2 is 1.89 bits per heavy atom. The van der Waals surface area contributed by atoms with Gasteiger partial charge in [-0.05, 0) is 37.1 Å². The molecule has 0 saturated heterocycles. The third-order valence-corrected chi connectivity index (χ3v) is 4.16. The van der Waals surface area contributed by atoms with Gasteiger partial charge in [-0.2, -0.15) is 0 Å². The van der Waals surface area contributed by atoms with Crippen LogP contribution in [0.3, 0.4) is 0 Å². The van der Waals surface area contributed by atoms with E-state index in [1.165, 1.54) is 0 Å². The van der Waals surface area contributed by atoms with Crippen LogP contribution in [0.4, 0.5) is 0 Å². The average Bonchev–Trinajstić information content (AvgIpc) is 3.17. The minimum atomic E-state index is -0.0270. The van der Waals surface area contributed by atoms with Gasteiger partial charge in [0.05, 0.1) is 11.4 Å². The Morgan fingerprint density at radius 1 is 1.18 bits per heavy atom. The highest BCUT2D eigenvalue weighted by Crippen LogP contribution is 2.22. The van der Waals surface area contributed by atoms with Gasteiger partial charge in [-0.1, -0.05) is 39.7 Å². The number of carbonyl (C=O) groups excluding carboxylic acids is 1. The minimum absolute atomic E-state index is 0.0270. The molecule has 0 saturated carbocycles. The fourth-order valence-electron chi connectivity index (χ4n) is 2.96. The molecule has 5 nitrogen and oxygen atoms in total. The van der Waals surface area contributed by atoms with E-state index in [0.717, 1.165) is 48.2 Å². The number of amides is 1. The van der Waals surface area contributed by atoms with Crippen molar-refractivity contribution in [3.8, 4) is 23.6 Å². The predicted octanol–water partition coefficient (Wildman–Crippen LogP) is 4.89. The maximum Gasteiger partial charge on any atom is 0.272 e. The number of aromatic amines is 1. The Kier molecular flexibility index (Phi) is 7.76. The minimum Gasteiger partial charge on any atom is -0.337 e. The highest BCUT2D eigenvalue weighted by atomic mass is 16.2. The number of nitrogens with zero attached hydrogens (tertiary/aromatic N) is 3. The van der Waals surface area contributed by atoms with Gasteiger partial charge < -0.3 is 9.88 Å². The van der Waals surface area contributed by atoms with E-state index in [2.05, 4.69) is 34.7 Å². The first-order chi connectivity index (χ1) is 13.7. The van der Waals surface area contributed by atoms with Gasteiger partial charge >= 0.3 is 0 Å². The van der Waals surface area contributed by atoms with Crippen molar-refractivity contribution in [1.29, 1.82) is 0 Å². The molecule has 146 valence electrons. The molecule has 0 atom stereocenters. The SMILES string of the molecule is C#Cc1cc2cc(-c3cccc(C(=O)N(CCC)CCC)n3)cnc2[nH]1.CC. The molecule has 1 N–H and O–H groups in total. The monoisotopic (exact) mass is 376 g/mol. The van der Waals surface area contributed by atoms with Crippen LogP contribution < -0.4 is 0 Å². The second-order valence-electron chi connectivity index (χ2n) is 6.19. The molecule has 0 aliphatic heterocycles. The number of pyridine rings is 2. The molecule has 0 aliphatic rings. The van der Waals surface area contributed by atoms with Crippen LogP contribution in [0.2, 0.25) is 0 Å². The molecule has 0 fully saturated rings. The van der Waals surface area contributed by atoms with Crippen molar-refractivity contribution in [2.24, 2.45) is 0 Å². The van der Waals surface area contributed by atoms with E-state index in [-0.39, 0.29) is 5.91 Å². The number of nitrogens with one attached hydrogen (secondary N) is 1. The molecule has 5 heteroatoms. The maximum atomic E-state index is 12.8. The first kappa shape index (κ1) is 21.2. The van der Waals surface area contributed by atoms with E-state index in [1.807, 2.05) is 43.0 Å². The molecule has 0 unspecified atom stereocenters. The Labute approximate surface area is 167 Å². The Hall–Kier alpha value is -3.13. The van der Waals surface area contributed by atoms with Crippen molar-refractivity contribution in [3.05, 3.63) is 47.9 Å². The second kappa shape index (κ2) is 10.3. The average molecular weight is 377 g/mol. The molecular weight excluding hydrogens is 348 g/mol. The highest BCUT2D eigenvalue weighted by Gasteiger charge is 2.16. The molecule has 3 aromatic heterocycles. The number of fused-ring (bicyclic) bond motifs is 1. The number of H-pyrrole nitrogens is 1. The number of rotatable bonds is 6. The number of carbonyl (C=O) groups is 1. The van der Waals surface area contributed by atoms with Crippen molar-refractivity contribution in [3.63, 3.8) is 0 Å². The standard InChI is InChI=1S/C21H22N4O.C2H6/c1-4-10-25(11-5-2)21(26)19-9-7-8-18(24-19)16-12-15-13-17(6-3)23-20(15)22-14-16;1-2/h3,7-9,12-14H,4-5,10-11H2,1-2H3,(H,22,23);1-2H3. The van der Waals surface area contributed by atoms with E-state index < -0.39 is 0 Å². The van der Waals surface area contributed by atoms with Gasteiger partial charge in [-0.25, -0.2) is 9.97 Å². The fraction of sp³-hybridized carbons (Fsp3) is 0.348. The predicted molar refractivity (Wildman–Crippen MR) is 115 cm³/mol. The summed E-state index contributed by atoms with van der Waals surface area (Å²) in [5, 5.41) is 0.924. The number of aromatic nitrogens is 3.